The van der Waals surface area contributed by atoms with Gasteiger partial charge in [0.15, 0.2) is 0 Å². The number of rotatable bonds is 9. The minimum absolute atomic E-state index is 0.0396. The fraction of sp³-hybridized carbons (Fsp3) is 0.231. The molecule has 0 bridgehead atoms. The minimum atomic E-state index is -0.625. The van der Waals surface area contributed by atoms with Crippen molar-refractivity contribution in [2.75, 3.05) is 11.9 Å². The fourth-order valence-electron chi connectivity index (χ4n) is 3.83. The van der Waals surface area contributed by atoms with Gasteiger partial charge < -0.3 is 10.6 Å². The largest absolute Gasteiger partial charge is 0.356 e. The summed E-state index contributed by atoms with van der Waals surface area (Å²) in [6.07, 6.45) is 0.592. The SMILES string of the molecule is Cc1ccccc1NC(=O)Cn1c(=O)n(CCC(=O)NCCc2ccc(Cl)cc2)c(=O)c2sccc21. The van der Waals surface area contributed by atoms with Crippen LogP contribution in [0.2, 0.25) is 5.02 Å². The van der Waals surface area contributed by atoms with Gasteiger partial charge in [0, 0.05) is 30.2 Å². The maximum atomic E-state index is 13.2. The quantitative estimate of drug-likeness (QED) is 0.349. The maximum Gasteiger partial charge on any atom is 0.332 e. The van der Waals surface area contributed by atoms with E-state index >= 15 is 0 Å². The average molecular weight is 525 g/mol. The van der Waals surface area contributed by atoms with Crippen LogP contribution in [-0.2, 0) is 29.1 Å². The Hall–Kier alpha value is -3.69. The van der Waals surface area contributed by atoms with Crippen molar-refractivity contribution in [3.63, 3.8) is 0 Å². The summed E-state index contributed by atoms with van der Waals surface area (Å²) in [5.74, 6) is -0.658. The third kappa shape index (κ3) is 5.92. The van der Waals surface area contributed by atoms with E-state index in [4.69, 9.17) is 11.6 Å². The normalized spacial score (nSPS) is 10.9. The van der Waals surface area contributed by atoms with Crippen molar-refractivity contribution in [1.29, 1.82) is 0 Å². The summed E-state index contributed by atoms with van der Waals surface area (Å²) in [6, 6.07) is 16.3. The van der Waals surface area contributed by atoms with E-state index in [1.54, 1.807) is 29.6 Å². The van der Waals surface area contributed by atoms with E-state index in [-0.39, 0.29) is 31.3 Å². The monoisotopic (exact) mass is 524 g/mol. The summed E-state index contributed by atoms with van der Waals surface area (Å²) < 4.78 is 2.67. The van der Waals surface area contributed by atoms with Gasteiger partial charge in [-0.15, -0.1) is 11.3 Å². The lowest BCUT2D eigenvalue weighted by atomic mass is 10.1. The van der Waals surface area contributed by atoms with E-state index in [0.717, 1.165) is 15.7 Å². The van der Waals surface area contributed by atoms with Gasteiger partial charge in [0.25, 0.3) is 5.56 Å². The number of aryl methyl sites for hydroxylation is 1. The maximum absolute atomic E-state index is 13.2. The first-order chi connectivity index (χ1) is 17.3. The second-order valence-corrected chi connectivity index (χ2v) is 9.65. The number of carbonyl (C=O) groups is 2. The van der Waals surface area contributed by atoms with Crippen molar-refractivity contribution < 1.29 is 9.59 Å². The predicted octanol–water partition coefficient (Wildman–Crippen LogP) is 3.57. The molecule has 2 aromatic heterocycles. The molecular formula is C26H25ClN4O4S. The van der Waals surface area contributed by atoms with Gasteiger partial charge in [-0.2, -0.15) is 0 Å². The summed E-state index contributed by atoms with van der Waals surface area (Å²) in [4.78, 5) is 51.3. The second kappa shape index (κ2) is 11.4. The predicted molar refractivity (Wildman–Crippen MR) is 143 cm³/mol. The van der Waals surface area contributed by atoms with Crippen LogP contribution in [0.5, 0.6) is 0 Å². The number of nitrogens with zero attached hydrogens (tertiary/aromatic N) is 2. The summed E-state index contributed by atoms with van der Waals surface area (Å²) in [5.41, 5.74) is 1.89. The smallest absolute Gasteiger partial charge is 0.332 e. The molecule has 0 saturated carbocycles. The first-order valence-electron chi connectivity index (χ1n) is 11.4. The van der Waals surface area contributed by atoms with Gasteiger partial charge in [0.05, 0.1) is 5.52 Å². The molecule has 8 nitrogen and oxygen atoms in total. The highest BCUT2D eigenvalue weighted by molar-refractivity contribution is 7.17. The molecule has 0 saturated heterocycles. The Kier molecular flexibility index (Phi) is 8.02. The number of aromatic nitrogens is 2. The number of para-hydroxylation sites is 1. The van der Waals surface area contributed by atoms with Crippen LogP contribution in [-0.4, -0.2) is 27.5 Å². The average Bonchev–Trinajstić information content (AvgIpc) is 3.35. The van der Waals surface area contributed by atoms with Gasteiger partial charge in [0.1, 0.15) is 11.2 Å². The number of amides is 2. The van der Waals surface area contributed by atoms with Crippen LogP contribution < -0.4 is 21.9 Å². The zero-order valence-electron chi connectivity index (χ0n) is 19.6. The van der Waals surface area contributed by atoms with Crippen molar-refractivity contribution in [3.8, 4) is 0 Å². The first kappa shape index (κ1) is 25.4. The van der Waals surface area contributed by atoms with E-state index in [2.05, 4.69) is 10.6 Å². The zero-order chi connectivity index (χ0) is 25.7. The van der Waals surface area contributed by atoms with Gasteiger partial charge in [-0.3, -0.25) is 23.5 Å². The number of benzene rings is 2. The molecule has 0 radical (unpaired) electrons. The Labute approximate surface area is 216 Å². The molecule has 0 aliphatic heterocycles. The summed E-state index contributed by atoms with van der Waals surface area (Å²) >= 11 is 7.08. The summed E-state index contributed by atoms with van der Waals surface area (Å²) in [5, 5.41) is 7.97. The van der Waals surface area contributed by atoms with Crippen LogP contribution in [0.15, 0.2) is 69.6 Å². The third-order valence-corrected chi connectivity index (χ3v) is 6.91. The molecule has 2 aromatic carbocycles. The van der Waals surface area contributed by atoms with Crippen molar-refractivity contribution in [1.82, 2.24) is 14.5 Å². The van der Waals surface area contributed by atoms with Crippen molar-refractivity contribution in [3.05, 3.63) is 97.0 Å². The molecule has 4 aromatic rings. The second-order valence-electron chi connectivity index (χ2n) is 8.30. The highest BCUT2D eigenvalue weighted by Crippen LogP contribution is 2.17. The molecule has 186 valence electrons. The Morgan fingerprint density at radius 2 is 1.72 bits per heavy atom. The van der Waals surface area contributed by atoms with E-state index in [1.807, 2.05) is 37.3 Å². The van der Waals surface area contributed by atoms with E-state index in [9.17, 15) is 19.2 Å². The summed E-state index contributed by atoms with van der Waals surface area (Å²) in [6.45, 7) is 1.95. The molecule has 0 spiro atoms. The van der Waals surface area contributed by atoms with Crippen LogP contribution >= 0.6 is 22.9 Å². The molecule has 0 atom stereocenters. The number of fused-ring (bicyclic) bond motifs is 1. The molecule has 36 heavy (non-hydrogen) atoms. The molecule has 2 heterocycles. The lowest BCUT2D eigenvalue weighted by Crippen LogP contribution is -2.42. The Bertz CT molecular complexity index is 1520. The number of halogens is 1. The molecule has 0 aliphatic carbocycles. The van der Waals surface area contributed by atoms with Crippen LogP contribution in [0, 0.1) is 6.92 Å². The van der Waals surface area contributed by atoms with Gasteiger partial charge >= 0.3 is 5.69 Å². The van der Waals surface area contributed by atoms with Gasteiger partial charge in [-0.05, 0) is 54.1 Å². The molecule has 2 N–H and O–H groups in total. The van der Waals surface area contributed by atoms with Crippen LogP contribution in [0.3, 0.4) is 0 Å². The Morgan fingerprint density at radius 1 is 0.972 bits per heavy atom. The highest BCUT2D eigenvalue weighted by atomic mass is 35.5. The van der Waals surface area contributed by atoms with E-state index in [1.165, 1.54) is 15.9 Å². The molecule has 4 rings (SSSR count). The molecule has 0 fully saturated rings. The molecule has 10 heteroatoms. The van der Waals surface area contributed by atoms with Gasteiger partial charge in [-0.1, -0.05) is 41.9 Å². The number of carbonyl (C=O) groups excluding carboxylic acids is 2. The van der Waals surface area contributed by atoms with Crippen molar-refractivity contribution >= 4 is 50.7 Å². The van der Waals surface area contributed by atoms with Crippen LogP contribution in [0.1, 0.15) is 17.5 Å². The fourth-order valence-corrected chi connectivity index (χ4v) is 4.80. The lowest BCUT2D eigenvalue weighted by Gasteiger charge is -2.13. The Morgan fingerprint density at radius 3 is 2.47 bits per heavy atom. The molecule has 2 amide bonds. The highest BCUT2D eigenvalue weighted by Gasteiger charge is 2.17. The van der Waals surface area contributed by atoms with E-state index in [0.29, 0.717) is 33.9 Å². The van der Waals surface area contributed by atoms with Gasteiger partial charge in [0.2, 0.25) is 11.8 Å². The van der Waals surface area contributed by atoms with Crippen molar-refractivity contribution in [2.45, 2.75) is 32.9 Å². The van der Waals surface area contributed by atoms with Gasteiger partial charge in [-0.25, -0.2) is 4.79 Å². The first-order valence-corrected chi connectivity index (χ1v) is 12.7. The number of hydrogen-bond acceptors (Lipinski definition) is 5. The minimum Gasteiger partial charge on any atom is -0.356 e. The van der Waals surface area contributed by atoms with E-state index < -0.39 is 11.2 Å². The molecular weight excluding hydrogens is 500 g/mol. The number of thiophene rings is 1. The van der Waals surface area contributed by atoms with Crippen molar-refractivity contribution in [2.24, 2.45) is 0 Å². The standard InChI is InChI=1S/C26H25ClN4O4S/c1-17-4-2-3-5-20(17)29-23(33)16-31-21-12-15-36-24(21)25(34)30(26(31)35)14-11-22(32)28-13-10-18-6-8-19(27)9-7-18/h2-9,12,15H,10-11,13-14,16H2,1H3,(H,28,32)(H,29,33). The number of anilines is 1. The zero-order valence-corrected chi connectivity index (χ0v) is 21.2. The number of hydrogen-bond donors (Lipinski definition) is 2. The third-order valence-electron chi connectivity index (χ3n) is 5.77. The molecule has 0 aliphatic rings. The Balaban J connectivity index is 1.45. The topological polar surface area (TPSA) is 102 Å². The van der Waals surface area contributed by atoms with Crippen LogP contribution in [0.4, 0.5) is 5.69 Å². The lowest BCUT2D eigenvalue weighted by molar-refractivity contribution is -0.121. The summed E-state index contributed by atoms with van der Waals surface area (Å²) in [7, 11) is 0. The molecule has 0 unspecified atom stereocenters. The number of nitrogens with one attached hydrogen (secondary N) is 2. The van der Waals surface area contributed by atoms with Crippen LogP contribution in [0.25, 0.3) is 10.2 Å².